The summed E-state index contributed by atoms with van der Waals surface area (Å²) in [6, 6.07) is 0.623. The van der Waals surface area contributed by atoms with Crippen LogP contribution in [-0.2, 0) is 6.54 Å². The number of carbonyl (C=O) groups is 1. The van der Waals surface area contributed by atoms with Crippen LogP contribution in [-0.4, -0.2) is 70.0 Å². The van der Waals surface area contributed by atoms with Crippen molar-refractivity contribution in [1.82, 2.24) is 30.2 Å². The molecule has 1 fully saturated rings. The summed E-state index contributed by atoms with van der Waals surface area (Å²) in [6.45, 7) is 7.11. The third-order valence-corrected chi connectivity index (χ3v) is 3.88. The average molecular weight is 281 g/mol. The number of aromatic nitrogens is 3. The van der Waals surface area contributed by atoms with E-state index in [1.807, 2.05) is 5.43 Å². The number of nitrogens with two attached hydrogens (primary N) is 1. The van der Waals surface area contributed by atoms with Gasteiger partial charge in [-0.05, 0) is 13.5 Å². The molecule has 20 heavy (non-hydrogen) atoms. The van der Waals surface area contributed by atoms with Crippen molar-refractivity contribution in [2.45, 2.75) is 25.9 Å². The molecule has 2 heterocycles. The molecule has 1 aromatic heterocycles. The Labute approximate surface area is 118 Å². The van der Waals surface area contributed by atoms with Crippen molar-refractivity contribution in [2.24, 2.45) is 5.84 Å². The van der Waals surface area contributed by atoms with Gasteiger partial charge in [-0.15, -0.1) is 5.10 Å². The summed E-state index contributed by atoms with van der Waals surface area (Å²) in [4.78, 5) is 16.1. The summed E-state index contributed by atoms with van der Waals surface area (Å²) < 4.78 is 1.68. The quantitative estimate of drug-likeness (QED) is 0.405. The van der Waals surface area contributed by atoms with Gasteiger partial charge in [-0.2, -0.15) is 0 Å². The molecule has 1 aliphatic rings. The second-order valence-corrected chi connectivity index (χ2v) is 5.18. The van der Waals surface area contributed by atoms with E-state index in [-0.39, 0.29) is 5.69 Å². The molecule has 0 aromatic carbocycles. The zero-order valence-electron chi connectivity index (χ0n) is 12.1. The number of nitrogen functional groups attached to an aromatic ring is 1. The van der Waals surface area contributed by atoms with Gasteiger partial charge in [-0.1, -0.05) is 12.1 Å². The van der Waals surface area contributed by atoms with Gasteiger partial charge in [0.15, 0.2) is 5.69 Å². The van der Waals surface area contributed by atoms with Crippen LogP contribution in [0, 0.1) is 0 Å². The van der Waals surface area contributed by atoms with E-state index < -0.39 is 5.91 Å². The lowest BCUT2D eigenvalue weighted by molar-refractivity contribution is 0.0899. The van der Waals surface area contributed by atoms with E-state index in [1.54, 1.807) is 10.9 Å². The fourth-order valence-corrected chi connectivity index (χ4v) is 2.48. The minimum Gasteiger partial charge on any atom is -0.301 e. The molecule has 0 bridgehead atoms. The lowest BCUT2D eigenvalue weighted by atomic mass is 10.1. The molecule has 1 saturated heterocycles. The Morgan fingerprint density at radius 2 is 2.30 bits per heavy atom. The molecule has 0 spiro atoms. The Bertz CT molecular complexity index is 447. The van der Waals surface area contributed by atoms with Crippen LogP contribution in [0.4, 0.5) is 0 Å². The Morgan fingerprint density at radius 1 is 1.50 bits per heavy atom. The topological polar surface area (TPSA) is 92.3 Å². The van der Waals surface area contributed by atoms with Crippen molar-refractivity contribution >= 4 is 5.91 Å². The number of likely N-dealkylation sites (N-methyl/N-ethyl adjacent to an activating group) is 1. The smallest absolute Gasteiger partial charge is 0.287 e. The van der Waals surface area contributed by atoms with Gasteiger partial charge in [0.25, 0.3) is 5.91 Å². The van der Waals surface area contributed by atoms with Gasteiger partial charge in [0.1, 0.15) is 0 Å². The Balaban J connectivity index is 1.83. The van der Waals surface area contributed by atoms with Crippen LogP contribution in [0.2, 0.25) is 0 Å². The Hall–Kier alpha value is -1.51. The van der Waals surface area contributed by atoms with Gasteiger partial charge in [0, 0.05) is 32.2 Å². The van der Waals surface area contributed by atoms with Crippen LogP contribution in [0.5, 0.6) is 0 Å². The molecule has 2 rings (SSSR count). The van der Waals surface area contributed by atoms with Crippen LogP contribution >= 0.6 is 0 Å². The highest BCUT2D eigenvalue weighted by Crippen LogP contribution is 2.10. The normalized spacial score (nSPS) is 21.1. The number of rotatable bonds is 5. The number of carbonyl (C=O) groups excluding carboxylic acids is 1. The van der Waals surface area contributed by atoms with Gasteiger partial charge in [0.2, 0.25) is 0 Å². The minimum atomic E-state index is -0.415. The maximum absolute atomic E-state index is 11.3. The first-order chi connectivity index (χ1) is 9.63. The third kappa shape index (κ3) is 3.53. The highest BCUT2D eigenvalue weighted by Gasteiger charge is 2.22. The molecule has 1 amide bonds. The standard InChI is InChI=1S/C12H23N7O/c1-3-10-8-18(5-4-17(10)2)6-7-19-9-11(15-16-19)12(20)14-13/h9-10H,3-8,13H2,1-2H3,(H,14,20). The molecule has 8 heteroatoms. The summed E-state index contributed by atoms with van der Waals surface area (Å²) >= 11 is 0. The summed E-state index contributed by atoms with van der Waals surface area (Å²) in [6.07, 6.45) is 2.78. The van der Waals surface area contributed by atoms with Crippen LogP contribution in [0.25, 0.3) is 0 Å². The molecule has 1 aromatic rings. The summed E-state index contributed by atoms with van der Waals surface area (Å²) in [5.74, 6) is 4.64. The number of hydrogen-bond donors (Lipinski definition) is 2. The van der Waals surface area contributed by atoms with Crippen LogP contribution in [0.15, 0.2) is 6.20 Å². The molecular weight excluding hydrogens is 258 g/mol. The summed E-state index contributed by atoms with van der Waals surface area (Å²) in [5.41, 5.74) is 2.30. The zero-order chi connectivity index (χ0) is 14.5. The van der Waals surface area contributed by atoms with Crippen molar-refractivity contribution in [1.29, 1.82) is 0 Å². The number of amides is 1. The molecule has 8 nitrogen and oxygen atoms in total. The zero-order valence-corrected chi connectivity index (χ0v) is 12.1. The van der Waals surface area contributed by atoms with Gasteiger partial charge < -0.3 is 4.90 Å². The lowest BCUT2D eigenvalue weighted by Gasteiger charge is -2.39. The van der Waals surface area contributed by atoms with E-state index >= 15 is 0 Å². The molecule has 1 unspecified atom stereocenters. The first-order valence-electron chi connectivity index (χ1n) is 6.97. The van der Waals surface area contributed by atoms with E-state index in [0.29, 0.717) is 6.04 Å². The Morgan fingerprint density at radius 3 is 3.00 bits per heavy atom. The molecule has 112 valence electrons. The number of nitrogens with one attached hydrogen (secondary N) is 1. The average Bonchev–Trinajstić information content (AvgIpc) is 2.94. The van der Waals surface area contributed by atoms with Gasteiger partial charge in [0.05, 0.1) is 12.7 Å². The monoisotopic (exact) mass is 281 g/mol. The fourth-order valence-electron chi connectivity index (χ4n) is 2.48. The van der Waals surface area contributed by atoms with Crippen LogP contribution in [0.3, 0.4) is 0 Å². The van der Waals surface area contributed by atoms with Gasteiger partial charge in [-0.3, -0.25) is 19.8 Å². The van der Waals surface area contributed by atoms with E-state index in [4.69, 9.17) is 5.84 Å². The maximum atomic E-state index is 11.3. The largest absolute Gasteiger partial charge is 0.301 e. The predicted molar refractivity (Wildman–Crippen MR) is 74.8 cm³/mol. The third-order valence-electron chi connectivity index (χ3n) is 3.88. The Kier molecular flexibility index (Phi) is 5.05. The molecule has 0 radical (unpaired) electrons. The molecular formula is C12H23N7O. The predicted octanol–water partition coefficient (Wildman–Crippen LogP) is -1.09. The van der Waals surface area contributed by atoms with Crippen molar-refractivity contribution < 1.29 is 4.79 Å². The number of nitrogens with zero attached hydrogens (tertiary/aromatic N) is 5. The van der Waals surface area contributed by atoms with Crippen molar-refractivity contribution in [3.05, 3.63) is 11.9 Å². The number of piperazine rings is 1. The molecule has 0 saturated carbocycles. The van der Waals surface area contributed by atoms with Gasteiger partial charge >= 0.3 is 0 Å². The van der Waals surface area contributed by atoms with Gasteiger partial charge in [-0.25, -0.2) is 5.84 Å². The molecule has 1 aliphatic heterocycles. The molecule has 0 aliphatic carbocycles. The minimum absolute atomic E-state index is 0.248. The maximum Gasteiger partial charge on any atom is 0.287 e. The SMILES string of the molecule is CCC1CN(CCn2cc(C(=O)NN)nn2)CCN1C. The van der Waals surface area contributed by atoms with Crippen LogP contribution < -0.4 is 11.3 Å². The highest BCUT2D eigenvalue weighted by atomic mass is 16.2. The van der Waals surface area contributed by atoms with Crippen LogP contribution in [0.1, 0.15) is 23.8 Å². The summed E-state index contributed by atoms with van der Waals surface area (Å²) in [5, 5.41) is 7.72. The van der Waals surface area contributed by atoms with E-state index in [2.05, 4.69) is 34.1 Å². The fraction of sp³-hybridized carbons (Fsp3) is 0.750. The first-order valence-corrected chi connectivity index (χ1v) is 6.97. The van der Waals surface area contributed by atoms with Crippen molar-refractivity contribution in [3.8, 4) is 0 Å². The lowest BCUT2D eigenvalue weighted by Crippen LogP contribution is -2.51. The van der Waals surface area contributed by atoms with E-state index in [1.165, 1.54) is 0 Å². The van der Waals surface area contributed by atoms with Crippen molar-refractivity contribution in [3.63, 3.8) is 0 Å². The molecule has 3 N–H and O–H groups in total. The first kappa shape index (κ1) is 14.9. The number of hydrogen-bond acceptors (Lipinski definition) is 6. The highest BCUT2D eigenvalue weighted by molar-refractivity contribution is 5.91. The second-order valence-electron chi connectivity index (χ2n) is 5.18. The second kappa shape index (κ2) is 6.78. The van der Waals surface area contributed by atoms with Crippen molar-refractivity contribution in [2.75, 3.05) is 33.2 Å². The molecule has 1 atom stereocenters. The van der Waals surface area contributed by atoms with E-state index in [0.717, 1.165) is 39.1 Å². The number of hydrazine groups is 1. The summed E-state index contributed by atoms with van der Waals surface area (Å²) in [7, 11) is 2.18. The van der Waals surface area contributed by atoms with E-state index in [9.17, 15) is 4.79 Å².